The predicted octanol–water partition coefficient (Wildman–Crippen LogP) is 5.13. The first-order chi connectivity index (χ1) is 9.40. The van der Waals surface area contributed by atoms with Gasteiger partial charge in [-0.2, -0.15) is 0 Å². The molecular weight excluding hydrogens is 342 g/mol. The number of anilines is 2. The van der Waals surface area contributed by atoms with Crippen molar-refractivity contribution in [3.8, 4) is 0 Å². The van der Waals surface area contributed by atoms with Gasteiger partial charge in [0.1, 0.15) is 0 Å². The summed E-state index contributed by atoms with van der Waals surface area (Å²) in [4.78, 5) is 12.1. The van der Waals surface area contributed by atoms with E-state index in [1.165, 1.54) is 12.1 Å². The Morgan fingerprint density at radius 2 is 1.65 bits per heavy atom. The van der Waals surface area contributed by atoms with Gasteiger partial charge in [-0.15, -0.1) is 0 Å². The Morgan fingerprint density at radius 1 is 1.00 bits per heavy atom. The molecule has 0 heterocycles. The van der Waals surface area contributed by atoms with Gasteiger partial charge in [-0.25, -0.2) is 0 Å². The number of benzene rings is 2. The third-order valence-electron chi connectivity index (χ3n) is 2.53. The fourth-order valence-electron chi connectivity index (χ4n) is 1.53. The van der Waals surface area contributed by atoms with Crippen LogP contribution in [0.5, 0.6) is 0 Å². The summed E-state index contributed by atoms with van der Waals surface area (Å²) in [7, 11) is 0. The molecule has 0 aromatic heterocycles. The maximum atomic E-state index is 12.1. The average Bonchev–Trinajstić information content (AvgIpc) is 2.39. The highest BCUT2D eigenvalue weighted by Gasteiger charge is 2.14. The predicted molar refractivity (Wildman–Crippen MR) is 85.3 cm³/mol. The van der Waals surface area contributed by atoms with Crippen molar-refractivity contribution in [2.75, 3.05) is 11.1 Å². The Morgan fingerprint density at radius 3 is 2.35 bits per heavy atom. The van der Waals surface area contributed by atoms with Crippen molar-refractivity contribution in [2.24, 2.45) is 0 Å². The summed E-state index contributed by atoms with van der Waals surface area (Å²) in [6.07, 6.45) is 0. The molecule has 0 fully saturated rings. The van der Waals surface area contributed by atoms with Gasteiger partial charge in [0.05, 0.1) is 37.0 Å². The smallest absolute Gasteiger partial charge is 0.257 e. The molecule has 0 bridgehead atoms. The fourth-order valence-corrected chi connectivity index (χ4v) is 2.34. The molecule has 2 aromatic rings. The van der Waals surface area contributed by atoms with Crippen molar-refractivity contribution in [1.29, 1.82) is 0 Å². The molecular formula is C13H8Cl4N2O. The molecule has 0 aliphatic rings. The van der Waals surface area contributed by atoms with Crippen molar-refractivity contribution in [3.05, 3.63) is 56.0 Å². The first kappa shape index (κ1) is 15.3. The molecule has 0 aliphatic heterocycles. The summed E-state index contributed by atoms with van der Waals surface area (Å²) < 4.78 is 0. The van der Waals surface area contributed by atoms with Crippen molar-refractivity contribution in [1.82, 2.24) is 0 Å². The number of halogens is 4. The lowest BCUT2D eigenvalue weighted by molar-refractivity contribution is 0.102. The first-order valence-corrected chi connectivity index (χ1v) is 6.91. The maximum absolute atomic E-state index is 12.1. The second kappa shape index (κ2) is 6.10. The van der Waals surface area contributed by atoms with Gasteiger partial charge in [0.15, 0.2) is 0 Å². The average molecular weight is 350 g/mol. The molecule has 1 amide bonds. The Balaban J connectivity index is 2.33. The van der Waals surface area contributed by atoms with Crippen LogP contribution in [-0.4, -0.2) is 5.91 Å². The Kier molecular flexibility index (Phi) is 4.66. The summed E-state index contributed by atoms with van der Waals surface area (Å²) in [5.41, 5.74) is 6.55. The van der Waals surface area contributed by atoms with E-state index in [9.17, 15) is 4.79 Å². The van der Waals surface area contributed by atoms with Crippen LogP contribution in [0, 0.1) is 0 Å². The van der Waals surface area contributed by atoms with Gasteiger partial charge in [0.25, 0.3) is 5.91 Å². The van der Waals surface area contributed by atoms with Crippen molar-refractivity contribution >= 4 is 63.7 Å². The van der Waals surface area contributed by atoms with E-state index in [0.29, 0.717) is 16.4 Å². The lowest BCUT2D eigenvalue weighted by atomic mass is 10.2. The minimum Gasteiger partial charge on any atom is -0.398 e. The number of carbonyl (C=O) groups is 1. The molecule has 0 aliphatic carbocycles. The number of nitrogen functional groups attached to an aromatic ring is 1. The van der Waals surface area contributed by atoms with E-state index in [0.717, 1.165) is 0 Å². The van der Waals surface area contributed by atoms with Crippen LogP contribution in [0.15, 0.2) is 30.3 Å². The van der Waals surface area contributed by atoms with Crippen LogP contribution in [0.1, 0.15) is 10.4 Å². The number of amides is 1. The lowest BCUT2D eigenvalue weighted by Crippen LogP contribution is -2.13. The largest absolute Gasteiger partial charge is 0.398 e. The zero-order valence-electron chi connectivity index (χ0n) is 9.88. The molecule has 0 atom stereocenters. The van der Waals surface area contributed by atoms with Gasteiger partial charge in [0, 0.05) is 0 Å². The molecule has 0 unspecified atom stereocenters. The highest BCUT2D eigenvalue weighted by molar-refractivity contribution is 6.44. The molecule has 2 rings (SSSR count). The van der Waals surface area contributed by atoms with Gasteiger partial charge < -0.3 is 11.1 Å². The molecule has 104 valence electrons. The monoisotopic (exact) mass is 348 g/mol. The van der Waals surface area contributed by atoms with Gasteiger partial charge in [0.2, 0.25) is 0 Å². The third kappa shape index (κ3) is 3.13. The summed E-state index contributed by atoms with van der Waals surface area (Å²) in [6, 6.07) is 7.70. The SMILES string of the molecule is Nc1cccc(C(=O)Nc2cc(Cl)c(Cl)cc2Cl)c1Cl. The number of carbonyl (C=O) groups excluding carboxylic acids is 1. The lowest BCUT2D eigenvalue weighted by Gasteiger charge is -2.10. The molecule has 2 aromatic carbocycles. The molecule has 3 nitrogen and oxygen atoms in total. The second-order valence-electron chi connectivity index (χ2n) is 3.91. The fraction of sp³-hybridized carbons (Fsp3) is 0. The summed E-state index contributed by atoms with van der Waals surface area (Å²) >= 11 is 23.7. The van der Waals surface area contributed by atoms with E-state index in [1.54, 1.807) is 18.2 Å². The van der Waals surface area contributed by atoms with Crippen LogP contribution in [-0.2, 0) is 0 Å². The van der Waals surface area contributed by atoms with E-state index >= 15 is 0 Å². The van der Waals surface area contributed by atoms with Crippen LogP contribution in [0.4, 0.5) is 11.4 Å². The Hall–Kier alpha value is -1.13. The van der Waals surface area contributed by atoms with E-state index in [-0.39, 0.29) is 20.6 Å². The molecule has 3 N–H and O–H groups in total. The number of nitrogens with two attached hydrogens (primary N) is 1. The molecule has 20 heavy (non-hydrogen) atoms. The molecule has 0 radical (unpaired) electrons. The maximum Gasteiger partial charge on any atom is 0.257 e. The Bertz CT molecular complexity index is 688. The molecule has 0 saturated carbocycles. The van der Waals surface area contributed by atoms with Crippen LogP contribution in [0.2, 0.25) is 20.1 Å². The van der Waals surface area contributed by atoms with Gasteiger partial charge in [-0.05, 0) is 24.3 Å². The van der Waals surface area contributed by atoms with Crippen LogP contribution in [0.25, 0.3) is 0 Å². The number of rotatable bonds is 2. The highest BCUT2D eigenvalue weighted by Crippen LogP contribution is 2.33. The van der Waals surface area contributed by atoms with Crippen molar-refractivity contribution < 1.29 is 4.79 Å². The van der Waals surface area contributed by atoms with Gasteiger partial charge >= 0.3 is 0 Å². The van der Waals surface area contributed by atoms with Crippen LogP contribution >= 0.6 is 46.4 Å². The van der Waals surface area contributed by atoms with E-state index < -0.39 is 5.91 Å². The Labute approximate surface area is 135 Å². The highest BCUT2D eigenvalue weighted by atomic mass is 35.5. The van der Waals surface area contributed by atoms with Crippen molar-refractivity contribution in [3.63, 3.8) is 0 Å². The zero-order valence-corrected chi connectivity index (χ0v) is 12.9. The van der Waals surface area contributed by atoms with E-state index in [4.69, 9.17) is 52.1 Å². The number of nitrogens with one attached hydrogen (secondary N) is 1. The third-order valence-corrected chi connectivity index (χ3v) is 3.99. The quantitative estimate of drug-likeness (QED) is 0.583. The van der Waals surface area contributed by atoms with E-state index in [2.05, 4.69) is 5.32 Å². The second-order valence-corrected chi connectivity index (χ2v) is 5.51. The minimum absolute atomic E-state index is 0.182. The topological polar surface area (TPSA) is 55.1 Å². The van der Waals surface area contributed by atoms with Crippen LogP contribution in [0.3, 0.4) is 0 Å². The number of hydrogen-bond donors (Lipinski definition) is 2. The van der Waals surface area contributed by atoms with Gasteiger partial charge in [-0.3, -0.25) is 4.79 Å². The molecule has 0 spiro atoms. The van der Waals surface area contributed by atoms with E-state index in [1.807, 2.05) is 0 Å². The molecule has 0 saturated heterocycles. The molecule has 7 heteroatoms. The summed E-state index contributed by atoms with van der Waals surface area (Å²) in [5.74, 6) is -0.442. The van der Waals surface area contributed by atoms with Crippen molar-refractivity contribution in [2.45, 2.75) is 0 Å². The standard InChI is InChI=1S/C13H8Cl4N2O/c14-7-4-9(16)11(5-8(7)15)19-13(20)6-2-1-3-10(18)12(6)17/h1-5H,18H2,(H,19,20). The minimum atomic E-state index is -0.442. The van der Waals surface area contributed by atoms with Crippen LogP contribution < -0.4 is 11.1 Å². The first-order valence-electron chi connectivity index (χ1n) is 5.40. The van der Waals surface area contributed by atoms with Gasteiger partial charge in [-0.1, -0.05) is 52.5 Å². The normalized spacial score (nSPS) is 10.4. The zero-order chi connectivity index (χ0) is 14.9. The summed E-state index contributed by atoms with van der Waals surface area (Å²) in [5, 5.41) is 3.65. The summed E-state index contributed by atoms with van der Waals surface area (Å²) in [6.45, 7) is 0. The number of hydrogen-bond acceptors (Lipinski definition) is 2.